The van der Waals surface area contributed by atoms with Crippen molar-refractivity contribution in [2.24, 2.45) is 23.5 Å². The van der Waals surface area contributed by atoms with Crippen molar-refractivity contribution in [3.05, 3.63) is 12.7 Å². The quantitative estimate of drug-likeness (QED) is 0.416. The average Bonchev–Trinajstić information content (AvgIpc) is 2.93. The maximum atomic E-state index is 11.6. The van der Waals surface area contributed by atoms with Gasteiger partial charge in [0, 0.05) is 11.8 Å². The molecule has 6 nitrogen and oxygen atoms in total. The summed E-state index contributed by atoms with van der Waals surface area (Å²) in [6, 6.07) is 0. The van der Waals surface area contributed by atoms with Gasteiger partial charge >= 0.3 is 11.9 Å². The number of hydrogen-bond donors (Lipinski definition) is 2. The van der Waals surface area contributed by atoms with Gasteiger partial charge in [-0.1, -0.05) is 6.58 Å². The van der Waals surface area contributed by atoms with Crippen LogP contribution in [0.2, 0.25) is 0 Å². The third-order valence-corrected chi connectivity index (χ3v) is 4.32. The summed E-state index contributed by atoms with van der Waals surface area (Å²) in [6.07, 6.45) is 1.88. The average molecular weight is 250 g/mol. The van der Waals surface area contributed by atoms with E-state index in [0.717, 1.165) is 12.5 Å². The number of esters is 2. The molecule has 2 aliphatic carbocycles. The SMILES string of the molecule is C=CC(=N)C(=O)OC1(N)C2CC3C(=O)OC1C3C2. The van der Waals surface area contributed by atoms with Crippen molar-refractivity contribution in [1.82, 2.24) is 0 Å². The summed E-state index contributed by atoms with van der Waals surface area (Å²) in [5.41, 5.74) is 4.51. The fourth-order valence-electron chi connectivity index (χ4n) is 3.44. The molecule has 0 aromatic heterocycles. The van der Waals surface area contributed by atoms with Crippen LogP contribution in [0.1, 0.15) is 12.8 Å². The zero-order chi connectivity index (χ0) is 13.1. The molecule has 1 heterocycles. The van der Waals surface area contributed by atoms with E-state index in [4.69, 9.17) is 20.6 Å². The first kappa shape index (κ1) is 11.4. The van der Waals surface area contributed by atoms with E-state index in [2.05, 4.69) is 6.58 Å². The number of ether oxygens (including phenoxy) is 2. The first-order valence-corrected chi connectivity index (χ1v) is 5.91. The van der Waals surface area contributed by atoms with Crippen molar-refractivity contribution in [1.29, 1.82) is 5.41 Å². The van der Waals surface area contributed by atoms with Gasteiger partial charge in [0.1, 0.15) is 5.71 Å². The Hall–Kier alpha value is -1.69. The molecule has 0 spiro atoms. The lowest BCUT2D eigenvalue weighted by molar-refractivity contribution is -0.175. The summed E-state index contributed by atoms with van der Waals surface area (Å²) in [4.78, 5) is 23.2. The van der Waals surface area contributed by atoms with E-state index >= 15 is 0 Å². The van der Waals surface area contributed by atoms with E-state index in [0.29, 0.717) is 6.42 Å². The van der Waals surface area contributed by atoms with Gasteiger partial charge in [0.25, 0.3) is 0 Å². The van der Waals surface area contributed by atoms with Crippen LogP contribution in [0.4, 0.5) is 0 Å². The second kappa shape index (κ2) is 3.41. The number of rotatable bonds is 3. The molecule has 2 saturated carbocycles. The number of nitrogens with one attached hydrogen (secondary N) is 1. The molecule has 6 heteroatoms. The summed E-state index contributed by atoms with van der Waals surface area (Å²) in [5, 5.41) is 7.35. The lowest BCUT2D eigenvalue weighted by Crippen LogP contribution is -2.58. The molecule has 3 rings (SSSR count). The molecule has 18 heavy (non-hydrogen) atoms. The number of fused-ring (bicyclic) bond motifs is 1. The fourth-order valence-corrected chi connectivity index (χ4v) is 3.44. The van der Waals surface area contributed by atoms with Crippen molar-refractivity contribution < 1.29 is 19.1 Å². The Morgan fingerprint density at radius 3 is 3.00 bits per heavy atom. The topological polar surface area (TPSA) is 102 Å². The van der Waals surface area contributed by atoms with Crippen LogP contribution in [0.3, 0.4) is 0 Å². The second-order valence-corrected chi connectivity index (χ2v) is 5.16. The largest absolute Gasteiger partial charge is 0.456 e. The molecular weight excluding hydrogens is 236 g/mol. The normalized spacial score (nSPS) is 43.7. The molecular formula is C12H14N2O4. The Labute approximate surface area is 104 Å². The molecule has 1 aliphatic heterocycles. The molecule has 0 aromatic carbocycles. The van der Waals surface area contributed by atoms with Crippen LogP contribution >= 0.6 is 0 Å². The summed E-state index contributed by atoms with van der Waals surface area (Å²) in [6.45, 7) is 3.33. The van der Waals surface area contributed by atoms with Crippen molar-refractivity contribution >= 4 is 17.7 Å². The Kier molecular flexibility index (Phi) is 2.16. The molecule has 3 aliphatic rings. The second-order valence-electron chi connectivity index (χ2n) is 5.16. The molecule has 5 unspecified atom stereocenters. The third kappa shape index (κ3) is 1.23. The number of hydrogen-bond acceptors (Lipinski definition) is 6. The fraction of sp³-hybridized carbons (Fsp3) is 0.583. The van der Waals surface area contributed by atoms with Gasteiger partial charge in [-0.15, -0.1) is 0 Å². The van der Waals surface area contributed by atoms with Crippen molar-refractivity contribution in [3.8, 4) is 0 Å². The number of nitrogens with two attached hydrogens (primary N) is 1. The highest BCUT2D eigenvalue weighted by molar-refractivity contribution is 6.39. The van der Waals surface area contributed by atoms with E-state index < -0.39 is 17.8 Å². The van der Waals surface area contributed by atoms with Crippen LogP contribution in [-0.2, 0) is 19.1 Å². The van der Waals surface area contributed by atoms with Gasteiger partial charge in [-0.05, 0) is 18.9 Å². The van der Waals surface area contributed by atoms with Gasteiger partial charge in [-0.2, -0.15) is 0 Å². The van der Waals surface area contributed by atoms with Crippen LogP contribution in [0.5, 0.6) is 0 Å². The zero-order valence-corrected chi connectivity index (χ0v) is 9.72. The first-order valence-electron chi connectivity index (χ1n) is 5.91. The highest BCUT2D eigenvalue weighted by Crippen LogP contribution is 2.58. The van der Waals surface area contributed by atoms with Gasteiger partial charge in [-0.25, -0.2) is 4.79 Å². The first-order chi connectivity index (χ1) is 8.47. The van der Waals surface area contributed by atoms with Crippen LogP contribution in [0, 0.1) is 23.2 Å². The predicted octanol–water partition coefficient (Wildman–Crippen LogP) is -0.0282. The van der Waals surface area contributed by atoms with Crippen LogP contribution in [-0.4, -0.2) is 29.5 Å². The maximum Gasteiger partial charge on any atom is 0.358 e. The Morgan fingerprint density at radius 2 is 2.33 bits per heavy atom. The molecule has 96 valence electrons. The van der Waals surface area contributed by atoms with Crippen molar-refractivity contribution in [3.63, 3.8) is 0 Å². The van der Waals surface area contributed by atoms with Crippen LogP contribution in [0.25, 0.3) is 0 Å². The highest BCUT2D eigenvalue weighted by atomic mass is 16.6. The third-order valence-electron chi connectivity index (χ3n) is 4.32. The summed E-state index contributed by atoms with van der Waals surface area (Å²) < 4.78 is 10.5. The van der Waals surface area contributed by atoms with Crippen molar-refractivity contribution in [2.45, 2.75) is 24.7 Å². The van der Waals surface area contributed by atoms with Gasteiger partial charge in [0.15, 0.2) is 6.10 Å². The lowest BCUT2D eigenvalue weighted by Gasteiger charge is -2.35. The van der Waals surface area contributed by atoms with Crippen molar-refractivity contribution in [2.75, 3.05) is 0 Å². The van der Waals surface area contributed by atoms with Crippen LogP contribution in [0.15, 0.2) is 12.7 Å². The summed E-state index contributed by atoms with van der Waals surface area (Å²) in [7, 11) is 0. The smallest absolute Gasteiger partial charge is 0.358 e. The van der Waals surface area contributed by atoms with Gasteiger partial charge in [0.2, 0.25) is 5.72 Å². The maximum absolute atomic E-state index is 11.6. The van der Waals surface area contributed by atoms with Gasteiger partial charge in [0.05, 0.1) is 5.92 Å². The standard InChI is InChI=1S/C12H14N2O4/c1-2-8(13)11(16)18-12(14)5-3-6-7(4-5)10(15)17-9(6)12/h2,5-7,9,13H,1,3-4,14H2. The zero-order valence-electron chi connectivity index (χ0n) is 9.72. The molecule has 0 amide bonds. The minimum absolute atomic E-state index is 0.0539. The Bertz CT molecular complexity index is 475. The van der Waals surface area contributed by atoms with E-state index in [9.17, 15) is 9.59 Å². The minimum Gasteiger partial charge on any atom is -0.456 e. The monoisotopic (exact) mass is 250 g/mol. The molecule has 0 radical (unpaired) electrons. The summed E-state index contributed by atoms with van der Waals surface area (Å²) >= 11 is 0. The highest BCUT2D eigenvalue weighted by Gasteiger charge is 2.70. The minimum atomic E-state index is -1.28. The number of carbonyl (C=O) groups excluding carboxylic acids is 2. The molecule has 1 saturated heterocycles. The molecule has 0 aromatic rings. The predicted molar refractivity (Wildman–Crippen MR) is 60.5 cm³/mol. The van der Waals surface area contributed by atoms with Crippen LogP contribution < -0.4 is 5.73 Å². The van der Waals surface area contributed by atoms with E-state index in [1.54, 1.807) is 0 Å². The summed E-state index contributed by atoms with van der Waals surface area (Å²) in [5.74, 6) is -1.16. The van der Waals surface area contributed by atoms with Gasteiger partial charge < -0.3 is 9.47 Å². The van der Waals surface area contributed by atoms with E-state index in [-0.39, 0.29) is 29.4 Å². The molecule has 2 bridgehead atoms. The van der Waals surface area contributed by atoms with Gasteiger partial charge in [-0.3, -0.25) is 15.9 Å². The Balaban J connectivity index is 1.84. The lowest BCUT2D eigenvalue weighted by atomic mass is 9.84. The van der Waals surface area contributed by atoms with E-state index in [1.165, 1.54) is 0 Å². The molecule has 3 fully saturated rings. The Morgan fingerprint density at radius 1 is 1.61 bits per heavy atom. The molecule has 3 N–H and O–H groups in total. The number of carbonyl (C=O) groups is 2. The molecule has 5 atom stereocenters. The van der Waals surface area contributed by atoms with E-state index in [1.807, 2.05) is 0 Å².